The van der Waals surface area contributed by atoms with Crippen LogP contribution in [0, 0.1) is 12.8 Å². The second-order valence-corrected chi connectivity index (χ2v) is 5.08. The highest BCUT2D eigenvalue weighted by Gasteiger charge is 2.23. The molecule has 1 saturated heterocycles. The first kappa shape index (κ1) is 12.9. The highest BCUT2D eigenvalue weighted by Crippen LogP contribution is 2.21. The van der Waals surface area contributed by atoms with Gasteiger partial charge in [-0.3, -0.25) is 9.69 Å². The lowest BCUT2D eigenvalue weighted by atomic mass is 9.95. The number of primary amides is 1. The van der Waals surface area contributed by atoms with Gasteiger partial charge in [0.2, 0.25) is 5.91 Å². The van der Waals surface area contributed by atoms with E-state index in [2.05, 4.69) is 17.9 Å². The number of nitrogen functional groups attached to an aromatic ring is 1. The van der Waals surface area contributed by atoms with E-state index in [1.54, 1.807) is 0 Å². The molecule has 1 aliphatic rings. The minimum atomic E-state index is -0.158. The number of hydrogen-bond acceptors (Lipinski definition) is 3. The molecular formula is C14H21N3O. The molecule has 0 atom stereocenters. The molecule has 0 saturated carbocycles. The van der Waals surface area contributed by atoms with E-state index in [1.165, 1.54) is 5.56 Å². The van der Waals surface area contributed by atoms with Crippen molar-refractivity contribution >= 4 is 11.6 Å². The molecule has 1 aromatic carbocycles. The van der Waals surface area contributed by atoms with Crippen molar-refractivity contribution in [1.82, 2.24) is 4.90 Å². The highest BCUT2D eigenvalue weighted by atomic mass is 16.1. The number of benzene rings is 1. The van der Waals surface area contributed by atoms with Crippen molar-refractivity contribution in [2.24, 2.45) is 11.7 Å². The van der Waals surface area contributed by atoms with Gasteiger partial charge in [-0.15, -0.1) is 0 Å². The summed E-state index contributed by atoms with van der Waals surface area (Å²) >= 11 is 0. The zero-order valence-electron chi connectivity index (χ0n) is 10.9. The number of carbonyl (C=O) groups excluding carboxylic acids is 1. The van der Waals surface area contributed by atoms with Gasteiger partial charge in [-0.25, -0.2) is 0 Å². The molecule has 18 heavy (non-hydrogen) atoms. The number of amides is 1. The number of anilines is 1. The lowest BCUT2D eigenvalue weighted by molar-refractivity contribution is -0.123. The first-order valence-corrected chi connectivity index (χ1v) is 6.43. The number of carbonyl (C=O) groups is 1. The van der Waals surface area contributed by atoms with Gasteiger partial charge in [-0.1, -0.05) is 12.1 Å². The Bertz CT molecular complexity index is 437. The van der Waals surface area contributed by atoms with E-state index in [4.69, 9.17) is 11.5 Å². The fourth-order valence-corrected chi connectivity index (χ4v) is 2.49. The molecule has 1 heterocycles. The molecule has 1 aromatic rings. The Hall–Kier alpha value is -1.55. The maximum Gasteiger partial charge on any atom is 0.220 e. The smallest absolute Gasteiger partial charge is 0.220 e. The topological polar surface area (TPSA) is 72.3 Å². The van der Waals surface area contributed by atoms with Gasteiger partial charge in [0.25, 0.3) is 0 Å². The van der Waals surface area contributed by atoms with Crippen LogP contribution in [0.1, 0.15) is 24.0 Å². The number of likely N-dealkylation sites (tertiary alicyclic amines) is 1. The lowest BCUT2D eigenvalue weighted by Gasteiger charge is -2.30. The van der Waals surface area contributed by atoms with Crippen molar-refractivity contribution in [3.8, 4) is 0 Å². The first-order valence-electron chi connectivity index (χ1n) is 6.43. The minimum absolute atomic E-state index is 0.0585. The zero-order chi connectivity index (χ0) is 13.1. The van der Waals surface area contributed by atoms with Crippen LogP contribution < -0.4 is 11.5 Å². The predicted molar refractivity (Wildman–Crippen MR) is 72.8 cm³/mol. The van der Waals surface area contributed by atoms with Crippen LogP contribution in [0.2, 0.25) is 0 Å². The van der Waals surface area contributed by atoms with Crippen LogP contribution in [0.4, 0.5) is 5.69 Å². The Balaban J connectivity index is 1.96. The number of nitrogens with zero attached hydrogens (tertiary/aromatic N) is 1. The molecule has 4 heteroatoms. The summed E-state index contributed by atoms with van der Waals surface area (Å²) < 4.78 is 0. The largest absolute Gasteiger partial charge is 0.399 e. The number of hydrogen-bond donors (Lipinski definition) is 2. The van der Waals surface area contributed by atoms with Crippen molar-refractivity contribution in [2.45, 2.75) is 26.3 Å². The first-order chi connectivity index (χ1) is 8.58. The van der Waals surface area contributed by atoms with Crippen LogP contribution in [0.5, 0.6) is 0 Å². The number of rotatable bonds is 3. The van der Waals surface area contributed by atoms with Crippen LogP contribution in [0.3, 0.4) is 0 Å². The molecular weight excluding hydrogens is 226 g/mol. The summed E-state index contributed by atoms with van der Waals surface area (Å²) in [6.07, 6.45) is 1.74. The summed E-state index contributed by atoms with van der Waals surface area (Å²) in [6.45, 7) is 4.83. The molecule has 98 valence electrons. The quantitative estimate of drug-likeness (QED) is 0.790. The Morgan fingerprint density at radius 2 is 2.06 bits per heavy atom. The SMILES string of the molecule is Cc1c(N)cccc1CN1CCC(C(N)=O)CC1. The van der Waals surface area contributed by atoms with Gasteiger partial charge in [-0.05, 0) is 50.0 Å². The van der Waals surface area contributed by atoms with E-state index in [9.17, 15) is 4.79 Å². The molecule has 0 aromatic heterocycles. The van der Waals surface area contributed by atoms with Gasteiger partial charge < -0.3 is 11.5 Å². The van der Waals surface area contributed by atoms with Gasteiger partial charge in [0.1, 0.15) is 0 Å². The average molecular weight is 247 g/mol. The van der Waals surface area contributed by atoms with E-state index in [0.29, 0.717) is 0 Å². The van der Waals surface area contributed by atoms with E-state index in [0.717, 1.165) is 43.7 Å². The molecule has 1 fully saturated rings. The molecule has 0 bridgehead atoms. The maximum atomic E-state index is 11.1. The summed E-state index contributed by atoms with van der Waals surface area (Å²) in [7, 11) is 0. The third-order valence-corrected chi connectivity index (χ3v) is 3.87. The van der Waals surface area contributed by atoms with Gasteiger partial charge in [0.15, 0.2) is 0 Å². The lowest BCUT2D eigenvalue weighted by Crippen LogP contribution is -2.38. The van der Waals surface area contributed by atoms with Gasteiger partial charge in [0.05, 0.1) is 0 Å². The van der Waals surface area contributed by atoms with Gasteiger partial charge in [-0.2, -0.15) is 0 Å². The van der Waals surface area contributed by atoms with E-state index >= 15 is 0 Å². The second kappa shape index (κ2) is 5.40. The fourth-order valence-electron chi connectivity index (χ4n) is 2.49. The Labute approximate surface area is 108 Å². The predicted octanol–water partition coefficient (Wildman–Crippen LogP) is 1.27. The van der Waals surface area contributed by atoms with Crippen LogP contribution >= 0.6 is 0 Å². The second-order valence-electron chi connectivity index (χ2n) is 5.08. The summed E-state index contributed by atoms with van der Waals surface area (Å²) in [6, 6.07) is 6.04. The van der Waals surface area contributed by atoms with Crippen molar-refractivity contribution < 1.29 is 4.79 Å². The molecule has 1 amide bonds. The average Bonchev–Trinajstić information content (AvgIpc) is 2.36. The Morgan fingerprint density at radius 1 is 1.39 bits per heavy atom. The van der Waals surface area contributed by atoms with Crippen LogP contribution in [0.25, 0.3) is 0 Å². The van der Waals surface area contributed by atoms with Crippen molar-refractivity contribution in [3.05, 3.63) is 29.3 Å². The van der Waals surface area contributed by atoms with Crippen molar-refractivity contribution in [3.63, 3.8) is 0 Å². The molecule has 2 rings (SSSR count). The van der Waals surface area contributed by atoms with Crippen molar-refractivity contribution in [1.29, 1.82) is 0 Å². The minimum Gasteiger partial charge on any atom is -0.399 e. The fraction of sp³-hybridized carbons (Fsp3) is 0.500. The Kier molecular flexibility index (Phi) is 3.87. The molecule has 0 unspecified atom stereocenters. The Morgan fingerprint density at radius 3 is 2.67 bits per heavy atom. The monoisotopic (exact) mass is 247 g/mol. The van der Waals surface area contributed by atoms with Crippen molar-refractivity contribution in [2.75, 3.05) is 18.8 Å². The molecule has 0 radical (unpaired) electrons. The summed E-state index contributed by atoms with van der Waals surface area (Å²) in [4.78, 5) is 13.5. The van der Waals surface area contributed by atoms with Crippen LogP contribution in [-0.4, -0.2) is 23.9 Å². The molecule has 0 aliphatic carbocycles. The van der Waals surface area contributed by atoms with Crippen LogP contribution in [0.15, 0.2) is 18.2 Å². The maximum absolute atomic E-state index is 11.1. The normalized spacial score (nSPS) is 17.8. The zero-order valence-corrected chi connectivity index (χ0v) is 10.9. The molecule has 1 aliphatic heterocycles. The molecule has 4 nitrogen and oxygen atoms in total. The number of piperidine rings is 1. The summed E-state index contributed by atoms with van der Waals surface area (Å²) in [5.74, 6) is -0.0991. The highest BCUT2D eigenvalue weighted by molar-refractivity contribution is 5.76. The molecule has 0 spiro atoms. The summed E-state index contributed by atoms with van der Waals surface area (Å²) in [5, 5.41) is 0. The third-order valence-electron chi connectivity index (χ3n) is 3.87. The van der Waals surface area contributed by atoms with E-state index in [-0.39, 0.29) is 11.8 Å². The van der Waals surface area contributed by atoms with E-state index < -0.39 is 0 Å². The standard InChI is InChI=1S/C14H21N3O/c1-10-12(3-2-4-13(10)15)9-17-7-5-11(6-8-17)14(16)18/h2-4,11H,5-9,15H2,1H3,(H2,16,18). The van der Waals surface area contributed by atoms with Gasteiger partial charge in [0, 0.05) is 18.2 Å². The van der Waals surface area contributed by atoms with E-state index in [1.807, 2.05) is 12.1 Å². The molecule has 4 N–H and O–H groups in total. The third kappa shape index (κ3) is 2.82. The number of nitrogens with two attached hydrogens (primary N) is 2. The van der Waals surface area contributed by atoms with Gasteiger partial charge >= 0.3 is 0 Å². The summed E-state index contributed by atoms with van der Waals surface area (Å²) in [5.41, 5.74) is 14.5. The van der Waals surface area contributed by atoms with Crippen LogP contribution in [-0.2, 0) is 11.3 Å².